The molecule has 1 aliphatic heterocycles. The molecule has 1 N–H and O–H groups in total. The molecule has 0 bridgehead atoms. The number of anilines is 1. The summed E-state index contributed by atoms with van der Waals surface area (Å²) in [6.45, 7) is 0.977. The second-order valence-electron chi connectivity index (χ2n) is 5.49. The van der Waals surface area contributed by atoms with Crippen molar-refractivity contribution >= 4 is 11.7 Å². The molecule has 2 aromatic heterocycles. The number of amides is 1. The smallest absolute Gasteiger partial charge is 0.225 e. The molecule has 1 saturated heterocycles. The minimum absolute atomic E-state index is 0.0324. The maximum Gasteiger partial charge on any atom is 0.225 e. The molecule has 6 nitrogen and oxygen atoms in total. The lowest BCUT2D eigenvalue weighted by Crippen LogP contribution is -2.32. The molecule has 0 aromatic carbocycles. The third-order valence-corrected chi connectivity index (χ3v) is 4.09. The number of aromatic nitrogens is 3. The van der Waals surface area contributed by atoms with E-state index in [1.165, 1.54) is 6.07 Å². The van der Waals surface area contributed by atoms with Crippen LogP contribution in [-0.2, 0) is 11.8 Å². The highest BCUT2D eigenvalue weighted by atomic mass is 19.1. The van der Waals surface area contributed by atoms with E-state index in [0.29, 0.717) is 18.9 Å². The van der Waals surface area contributed by atoms with Gasteiger partial charge in [0.15, 0.2) is 11.6 Å². The van der Waals surface area contributed by atoms with Crippen LogP contribution in [-0.4, -0.2) is 40.8 Å². The third kappa shape index (κ3) is 2.54. The van der Waals surface area contributed by atoms with Crippen molar-refractivity contribution in [1.82, 2.24) is 20.1 Å². The predicted octanol–water partition coefficient (Wildman–Crippen LogP) is 0.920. The number of pyridine rings is 1. The van der Waals surface area contributed by atoms with E-state index in [1.807, 2.05) is 18.1 Å². The lowest BCUT2D eigenvalue weighted by Gasteiger charge is -2.17. The number of rotatable bonds is 3. The van der Waals surface area contributed by atoms with Crippen LogP contribution in [0.25, 0.3) is 0 Å². The average Bonchev–Trinajstić information content (AvgIpc) is 3.13. The Labute approximate surface area is 128 Å². The highest BCUT2D eigenvalue weighted by molar-refractivity contribution is 5.81. The molecule has 0 saturated carbocycles. The van der Waals surface area contributed by atoms with Gasteiger partial charge in [0.05, 0.1) is 12.1 Å². The first-order valence-corrected chi connectivity index (χ1v) is 7.15. The summed E-state index contributed by atoms with van der Waals surface area (Å²) in [6, 6.07) is 2.94. The highest BCUT2D eigenvalue weighted by Gasteiger charge is 2.39. The fraction of sp³-hybridized carbons (Fsp3) is 0.400. The minimum atomic E-state index is -0.370. The molecular formula is C15H18FN5O. The summed E-state index contributed by atoms with van der Waals surface area (Å²) in [5.74, 6) is -0.411. The quantitative estimate of drug-likeness (QED) is 0.916. The van der Waals surface area contributed by atoms with Gasteiger partial charge in [-0.15, -0.1) is 0 Å². The minimum Gasteiger partial charge on any atom is -0.359 e. The first-order chi connectivity index (χ1) is 10.6. The van der Waals surface area contributed by atoms with Crippen molar-refractivity contribution in [1.29, 1.82) is 0 Å². The summed E-state index contributed by atoms with van der Waals surface area (Å²) in [5.41, 5.74) is 0.981. The third-order valence-electron chi connectivity index (χ3n) is 4.09. The first kappa shape index (κ1) is 14.5. The number of aryl methyl sites for hydroxylation is 1. The maximum absolute atomic E-state index is 14.0. The van der Waals surface area contributed by atoms with Crippen molar-refractivity contribution < 1.29 is 9.18 Å². The number of carbonyl (C=O) groups excluding carboxylic acids is 1. The van der Waals surface area contributed by atoms with E-state index >= 15 is 0 Å². The summed E-state index contributed by atoms with van der Waals surface area (Å²) in [7, 11) is 3.45. The zero-order chi connectivity index (χ0) is 15.7. The number of carbonyl (C=O) groups is 1. The molecule has 1 fully saturated rings. The van der Waals surface area contributed by atoms with E-state index < -0.39 is 0 Å². The van der Waals surface area contributed by atoms with Gasteiger partial charge in [-0.2, -0.15) is 5.10 Å². The SMILES string of the molecule is CNC(=O)[C@H]1CN(c2ncccc2F)C[C@@H]1c1cnn(C)c1. The Morgan fingerprint density at radius 1 is 1.45 bits per heavy atom. The number of halogens is 1. The Morgan fingerprint density at radius 2 is 2.27 bits per heavy atom. The lowest BCUT2D eigenvalue weighted by atomic mass is 9.90. The zero-order valence-corrected chi connectivity index (χ0v) is 12.5. The van der Waals surface area contributed by atoms with E-state index in [1.54, 1.807) is 30.2 Å². The van der Waals surface area contributed by atoms with Gasteiger partial charge in [-0.05, 0) is 17.7 Å². The Hall–Kier alpha value is -2.44. The van der Waals surface area contributed by atoms with E-state index in [9.17, 15) is 9.18 Å². The van der Waals surface area contributed by atoms with Crippen LogP contribution in [0.2, 0.25) is 0 Å². The topological polar surface area (TPSA) is 63.1 Å². The molecule has 2 aromatic rings. The Bertz CT molecular complexity index is 686. The van der Waals surface area contributed by atoms with Crippen LogP contribution < -0.4 is 10.2 Å². The standard InChI is InChI=1S/C15H18FN5O/c1-17-15(22)12-9-21(14-13(16)4-3-5-18-14)8-11(12)10-6-19-20(2)7-10/h3-7,11-12H,8-9H2,1-2H3,(H,17,22)/t11-,12+/m1/s1. The molecule has 116 valence electrons. The zero-order valence-electron chi connectivity index (χ0n) is 12.5. The summed E-state index contributed by atoms with van der Waals surface area (Å²) in [6.07, 6.45) is 5.22. The van der Waals surface area contributed by atoms with Gasteiger partial charge >= 0.3 is 0 Å². The van der Waals surface area contributed by atoms with Crippen LogP contribution in [0, 0.1) is 11.7 Å². The van der Waals surface area contributed by atoms with Crippen LogP contribution in [0.5, 0.6) is 0 Å². The monoisotopic (exact) mass is 303 g/mol. The van der Waals surface area contributed by atoms with Crippen molar-refractivity contribution in [2.75, 3.05) is 25.0 Å². The van der Waals surface area contributed by atoms with Gasteiger partial charge in [0.25, 0.3) is 0 Å². The molecule has 0 aliphatic carbocycles. The molecule has 0 spiro atoms. The van der Waals surface area contributed by atoms with E-state index in [4.69, 9.17) is 0 Å². The van der Waals surface area contributed by atoms with Gasteiger partial charge in [-0.3, -0.25) is 9.48 Å². The second kappa shape index (κ2) is 5.75. The Morgan fingerprint density at radius 3 is 2.91 bits per heavy atom. The molecule has 3 heterocycles. The molecule has 0 unspecified atom stereocenters. The molecule has 0 radical (unpaired) electrons. The number of hydrogen-bond acceptors (Lipinski definition) is 4. The van der Waals surface area contributed by atoms with E-state index in [-0.39, 0.29) is 23.6 Å². The molecule has 1 amide bonds. The molecule has 1 aliphatic rings. The molecule has 2 atom stereocenters. The number of nitrogens with zero attached hydrogens (tertiary/aromatic N) is 4. The highest BCUT2D eigenvalue weighted by Crippen LogP contribution is 2.35. The summed E-state index contributed by atoms with van der Waals surface area (Å²) >= 11 is 0. The van der Waals surface area contributed by atoms with Crippen LogP contribution in [0.3, 0.4) is 0 Å². The van der Waals surface area contributed by atoms with Crippen molar-refractivity contribution in [3.63, 3.8) is 0 Å². The molecular weight excluding hydrogens is 285 g/mol. The summed E-state index contributed by atoms with van der Waals surface area (Å²) in [5, 5.41) is 6.87. The first-order valence-electron chi connectivity index (χ1n) is 7.15. The predicted molar refractivity (Wildman–Crippen MR) is 79.9 cm³/mol. The molecule has 22 heavy (non-hydrogen) atoms. The van der Waals surface area contributed by atoms with Gasteiger partial charge in [-0.1, -0.05) is 0 Å². The van der Waals surface area contributed by atoms with Crippen LogP contribution >= 0.6 is 0 Å². The van der Waals surface area contributed by atoms with E-state index in [0.717, 1.165) is 5.56 Å². The Kier molecular flexibility index (Phi) is 3.79. The average molecular weight is 303 g/mol. The van der Waals surface area contributed by atoms with Crippen LogP contribution in [0.15, 0.2) is 30.7 Å². The van der Waals surface area contributed by atoms with Crippen molar-refractivity contribution in [3.05, 3.63) is 42.1 Å². The number of hydrogen-bond donors (Lipinski definition) is 1. The van der Waals surface area contributed by atoms with Gasteiger partial charge in [0, 0.05) is 45.5 Å². The Balaban J connectivity index is 1.92. The number of nitrogens with one attached hydrogen (secondary N) is 1. The largest absolute Gasteiger partial charge is 0.359 e. The normalized spacial score (nSPS) is 21.1. The maximum atomic E-state index is 14.0. The van der Waals surface area contributed by atoms with Crippen molar-refractivity contribution in [2.45, 2.75) is 5.92 Å². The fourth-order valence-corrected chi connectivity index (χ4v) is 3.01. The molecule has 7 heteroatoms. The van der Waals surface area contributed by atoms with Gasteiger partial charge < -0.3 is 10.2 Å². The van der Waals surface area contributed by atoms with Gasteiger partial charge in [0.2, 0.25) is 5.91 Å². The summed E-state index contributed by atoms with van der Waals surface area (Å²) in [4.78, 5) is 18.1. The molecule has 3 rings (SSSR count). The fourth-order valence-electron chi connectivity index (χ4n) is 3.01. The van der Waals surface area contributed by atoms with Crippen molar-refractivity contribution in [3.8, 4) is 0 Å². The van der Waals surface area contributed by atoms with Crippen LogP contribution in [0.1, 0.15) is 11.5 Å². The van der Waals surface area contributed by atoms with Crippen LogP contribution in [0.4, 0.5) is 10.2 Å². The van der Waals surface area contributed by atoms with Gasteiger partial charge in [0.1, 0.15) is 0 Å². The van der Waals surface area contributed by atoms with E-state index in [2.05, 4.69) is 15.4 Å². The van der Waals surface area contributed by atoms with Crippen molar-refractivity contribution in [2.24, 2.45) is 13.0 Å². The second-order valence-corrected chi connectivity index (χ2v) is 5.49. The van der Waals surface area contributed by atoms with Gasteiger partial charge in [-0.25, -0.2) is 9.37 Å². The lowest BCUT2D eigenvalue weighted by molar-refractivity contribution is -0.124. The summed E-state index contributed by atoms with van der Waals surface area (Å²) < 4.78 is 15.7.